The quantitative estimate of drug-likeness (QED) is 0.534. The van der Waals surface area contributed by atoms with Gasteiger partial charge in [0.05, 0.1) is 0 Å². The Kier molecular flexibility index (Phi) is 1.67. The molecule has 62 valence electrons. The Balaban J connectivity index is 2.09. The number of nitrogens with zero attached hydrogens (tertiary/aromatic N) is 1. The molecule has 4 heteroatoms. The van der Waals surface area contributed by atoms with Crippen LogP contribution in [0.5, 0.6) is 0 Å². The minimum absolute atomic E-state index is 0.00792. The first-order valence-electron chi connectivity index (χ1n) is 3.80. The van der Waals surface area contributed by atoms with Gasteiger partial charge in [-0.25, -0.2) is 0 Å². The van der Waals surface area contributed by atoms with Crippen molar-refractivity contribution in [1.29, 1.82) is 0 Å². The van der Waals surface area contributed by atoms with Crippen LogP contribution in [0.1, 0.15) is 12.8 Å². The van der Waals surface area contributed by atoms with E-state index in [0.717, 1.165) is 0 Å². The third-order valence-corrected chi connectivity index (χ3v) is 2.21. The maximum absolute atomic E-state index is 11.1. The fourth-order valence-corrected chi connectivity index (χ4v) is 1.56. The molecule has 0 aromatic carbocycles. The van der Waals surface area contributed by atoms with E-state index in [1.54, 1.807) is 12.2 Å². The van der Waals surface area contributed by atoms with Crippen LogP contribution in [0, 0.1) is 0 Å². The van der Waals surface area contributed by atoms with Crippen molar-refractivity contribution in [3.05, 3.63) is 0 Å². The summed E-state index contributed by atoms with van der Waals surface area (Å²) in [5.41, 5.74) is 0. The Morgan fingerprint density at radius 1 is 1.73 bits per heavy atom. The summed E-state index contributed by atoms with van der Waals surface area (Å²) in [5.74, 6) is 0.209. The van der Waals surface area contributed by atoms with E-state index in [-0.39, 0.29) is 18.1 Å². The number of fused-ring (bicyclic) bond motifs is 2. The molecule has 0 spiro atoms. The van der Waals surface area contributed by atoms with Gasteiger partial charge in [0.1, 0.15) is 12.3 Å². The molecule has 0 aromatic heterocycles. The lowest BCUT2D eigenvalue weighted by atomic mass is 10.1. The summed E-state index contributed by atoms with van der Waals surface area (Å²) in [6, 6.07) is 0. The Labute approximate surface area is 65.0 Å². The van der Waals surface area contributed by atoms with E-state index in [0.29, 0.717) is 19.4 Å². The molecule has 0 aliphatic carbocycles. The SMILES string of the molecule is CO[C@H]1C[C@H]2ON1CCC2=O. The van der Waals surface area contributed by atoms with Crippen LogP contribution in [0.2, 0.25) is 0 Å². The molecule has 11 heavy (non-hydrogen) atoms. The van der Waals surface area contributed by atoms with Crippen LogP contribution >= 0.6 is 0 Å². The van der Waals surface area contributed by atoms with Gasteiger partial charge >= 0.3 is 0 Å². The Bertz CT molecular complexity index is 183. The van der Waals surface area contributed by atoms with Gasteiger partial charge in [-0.05, 0) is 0 Å². The van der Waals surface area contributed by atoms with Crippen molar-refractivity contribution in [3.63, 3.8) is 0 Å². The van der Waals surface area contributed by atoms with Crippen molar-refractivity contribution >= 4 is 5.78 Å². The summed E-state index contributed by atoms with van der Waals surface area (Å²) >= 11 is 0. The molecule has 4 nitrogen and oxygen atoms in total. The zero-order valence-corrected chi connectivity index (χ0v) is 6.45. The number of carbonyl (C=O) groups is 1. The van der Waals surface area contributed by atoms with E-state index in [2.05, 4.69) is 0 Å². The number of carbonyl (C=O) groups excluding carboxylic acids is 1. The van der Waals surface area contributed by atoms with E-state index in [9.17, 15) is 4.79 Å². The monoisotopic (exact) mass is 157 g/mol. The largest absolute Gasteiger partial charge is 0.364 e. The number of hydroxylamine groups is 2. The van der Waals surface area contributed by atoms with Crippen molar-refractivity contribution < 1.29 is 14.4 Å². The summed E-state index contributed by atoms with van der Waals surface area (Å²) in [6.07, 6.45) is 1.06. The highest BCUT2D eigenvalue weighted by atomic mass is 16.7. The van der Waals surface area contributed by atoms with Gasteiger partial charge in [0, 0.05) is 26.5 Å². The standard InChI is InChI=1S/C7H11NO3/c1-10-7-4-6-5(9)2-3-8(7)11-6/h6-7H,2-4H2,1H3/t6-,7+/m1/s1. The maximum atomic E-state index is 11.1. The third kappa shape index (κ3) is 1.07. The molecule has 0 saturated carbocycles. The number of hydrogen-bond donors (Lipinski definition) is 0. The van der Waals surface area contributed by atoms with Gasteiger partial charge in [-0.3, -0.25) is 9.63 Å². The summed E-state index contributed by atoms with van der Waals surface area (Å²) in [7, 11) is 1.64. The fourth-order valence-electron chi connectivity index (χ4n) is 1.56. The van der Waals surface area contributed by atoms with Crippen LogP contribution in [-0.2, 0) is 14.4 Å². The molecular weight excluding hydrogens is 146 g/mol. The molecule has 2 aliphatic heterocycles. The predicted octanol–water partition coefficient (Wildman–Crippen LogP) is -0.0624. The Morgan fingerprint density at radius 3 is 3.18 bits per heavy atom. The topological polar surface area (TPSA) is 38.8 Å². The van der Waals surface area contributed by atoms with E-state index >= 15 is 0 Å². The third-order valence-electron chi connectivity index (χ3n) is 2.21. The second-order valence-electron chi connectivity index (χ2n) is 2.88. The Hall–Kier alpha value is -0.450. The summed E-state index contributed by atoms with van der Waals surface area (Å²) in [5, 5.41) is 1.76. The number of ether oxygens (including phenoxy) is 1. The molecule has 2 aliphatic rings. The second kappa shape index (κ2) is 2.55. The van der Waals surface area contributed by atoms with E-state index in [4.69, 9.17) is 9.57 Å². The number of hydrogen-bond acceptors (Lipinski definition) is 4. The second-order valence-corrected chi connectivity index (χ2v) is 2.88. The van der Waals surface area contributed by atoms with Crippen molar-refractivity contribution in [2.45, 2.75) is 25.2 Å². The predicted molar refractivity (Wildman–Crippen MR) is 36.6 cm³/mol. The maximum Gasteiger partial charge on any atom is 0.165 e. The van der Waals surface area contributed by atoms with E-state index in [1.807, 2.05) is 0 Å². The fraction of sp³-hybridized carbons (Fsp3) is 0.857. The summed E-state index contributed by atoms with van der Waals surface area (Å²) < 4.78 is 5.12. The van der Waals surface area contributed by atoms with Crippen LogP contribution < -0.4 is 0 Å². The number of ketones is 1. The van der Waals surface area contributed by atoms with Crippen LogP contribution in [0.3, 0.4) is 0 Å². The zero-order valence-electron chi connectivity index (χ0n) is 6.45. The lowest BCUT2D eigenvalue weighted by molar-refractivity contribution is -0.219. The smallest absolute Gasteiger partial charge is 0.165 e. The average Bonchev–Trinajstić information content (AvgIpc) is 2.37. The highest BCUT2D eigenvalue weighted by Gasteiger charge is 2.41. The minimum Gasteiger partial charge on any atom is -0.364 e. The molecule has 0 aromatic rings. The van der Waals surface area contributed by atoms with Crippen molar-refractivity contribution in [3.8, 4) is 0 Å². The van der Waals surface area contributed by atoms with Gasteiger partial charge in [0.2, 0.25) is 0 Å². The minimum atomic E-state index is -0.228. The molecule has 2 bridgehead atoms. The van der Waals surface area contributed by atoms with Crippen LogP contribution in [0.15, 0.2) is 0 Å². The van der Waals surface area contributed by atoms with Crippen molar-refractivity contribution in [2.24, 2.45) is 0 Å². The van der Waals surface area contributed by atoms with Gasteiger partial charge in [-0.15, -0.1) is 0 Å². The van der Waals surface area contributed by atoms with Crippen LogP contribution in [0.4, 0.5) is 0 Å². The van der Waals surface area contributed by atoms with Crippen LogP contribution in [0.25, 0.3) is 0 Å². The summed E-state index contributed by atoms with van der Waals surface area (Å²) in [6.45, 7) is 0.674. The lowest BCUT2D eigenvalue weighted by Gasteiger charge is -2.23. The van der Waals surface area contributed by atoms with Gasteiger partial charge in [0.15, 0.2) is 5.78 Å². The molecule has 2 saturated heterocycles. The number of Topliss-reactive ketones (excluding diaryl/α,β-unsaturated/α-hetero) is 1. The van der Waals surface area contributed by atoms with Gasteiger partial charge in [0.25, 0.3) is 0 Å². The first kappa shape index (κ1) is 7.21. The number of rotatable bonds is 1. The highest BCUT2D eigenvalue weighted by molar-refractivity contribution is 5.84. The molecule has 3 atom stereocenters. The molecule has 1 unspecified atom stereocenters. The highest BCUT2D eigenvalue weighted by Crippen LogP contribution is 2.27. The van der Waals surface area contributed by atoms with Crippen molar-refractivity contribution in [2.75, 3.05) is 13.7 Å². The molecule has 2 fully saturated rings. The average molecular weight is 157 g/mol. The van der Waals surface area contributed by atoms with Crippen LogP contribution in [-0.4, -0.2) is 36.8 Å². The molecule has 2 rings (SSSR count). The van der Waals surface area contributed by atoms with E-state index in [1.165, 1.54) is 0 Å². The van der Waals surface area contributed by atoms with Gasteiger partial charge < -0.3 is 4.74 Å². The Morgan fingerprint density at radius 2 is 2.55 bits per heavy atom. The normalized spacial score (nSPS) is 43.0. The molecule has 2 heterocycles. The molecular formula is C7H11NO3. The van der Waals surface area contributed by atoms with Gasteiger partial charge in [-0.2, -0.15) is 5.06 Å². The van der Waals surface area contributed by atoms with Crippen molar-refractivity contribution in [1.82, 2.24) is 5.06 Å². The first-order valence-corrected chi connectivity index (χ1v) is 3.80. The molecule has 0 amide bonds. The van der Waals surface area contributed by atoms with E-state index < -0.39 is 0 Å². The number of methoxy groups -OCH3 is 1. The first-order chi connectivity index (χ1) is 5.31. The molecule has 0 radical (unpaired) electrons. The van der Waals surface area contributed by atoms with Gasteiger partial charge in [-0.1, -0.05) is 0 Å². The zero-order chi connectivity index (χ0) is 7.84. The molecule has 0 N–H and O–H groups in total. The lowest BCUT2D eigenvalue weighted by Crippen LogP contribution is -2.36. The summed E-state index contributed by atoms with van der Waals surface area (Å²) in [4.78, 5) is 16.4.